The molecule has 1 aliphatic heterocycles. The van der Waals surface area contributed by atoms with Crippen molar-refractivity contribution in [3.63, 3.8) is 0 Å². The molecule has 1 saturated carbocycles. The van der Waals surface area contributed by atoms with Gasteiger partial charge in [-0.2, -0.15) is 5.26 Å². The number of anilines is 2. The molecular weight excluding hydrogens is 352 g/mol. The number of amides is 2. The zero-order valence-corrected chi connectivity index (χ0v) is 15.5. The first kappa shape index (κ1) is 18.1. The van der Waals surface area contributed by atoms with Gasteiger partial charge in [0, 0.05) is 37.6 Å². The molecule has 142 valence electrons. The zero-order valence-electron chi connectivity index (χ0n) is 15.5. The van der Waals surface area contributed by atoms with Gasteiger partial charge in [0.2, 0.25) is 11.8 Å². The Labute approximate surface area is 164 Å². The van der Waals surface area contributed by atoms with E-state index in [1.807, 2.05) is 29.2 Å². The molecule has 1 saturated heterocycles. The highest BCUT2D eigenvalue weighted by molar-refractivity contribution is 5.99. The van der Waals surface area contributed by atoms with Crippen molar-refractivity contribution in [3.05, 3.63) is 60.2 Å². The van der Waals surface area contributed by atoms with Gasteiger partial charge in [0.05, 0.1) is 23.5 Å². The van der Waals surface area contributed by atoms with Gasteiger partial charge in [-0.1, -0.05) is 18.2 Å². The lowest BCUT2D eigenvalue weighted by atomic mass is 10.2. The number of benzene rings is 2. The number of nitrogens with zero attached hydrogens (tertiary/aromatic N) is 3. The van der Waals surface area contributed by atoms with Gasteiger partial charge in [-0.25, -0.2) is 0 Å². The third-order valence-electron chi connectivity index (χ3n) is 5.44. The number of carbonyl (C=O) groups excluding carboxylic acids is 2. The van der Waals surface area contributed by atoms with Crippen LogP contribution in [-0.2, 0) is 9.59 Å². The molecule has 1 heterocycles. The van der Waals surface area contributed by atoms with Gasteiger partial charge >= 0.3 is 0 Å². The molecule has 1 N–H and O–H groups in total. The topological polar surface area (TPSA) is 76.4 Å². The van der Waals surface area contributed by atoms with Gasteiger partial charge in [0.25, 0.3) is 0 Å². The molecule has 2 aromatic rings. The first-order valence-electron chi connectivity index (χ1n) is 9.55. The minimum absolute atomic E-state index is 0.0905. The van der Waals surface area contributed by atoms with Crippen LogP contribution in [0.4, 0.5) is 11.4 Å². The molecule has 0 radical (unpaired) electrons. The van der Waals surface area contributed by atoms with Gasteiger partial charge in [-0.15, -0.1) is 0 Å². The van der Waals surface area contributed by atoms with E-state index in [0.29, 0.717) is 30.8 Å². The Morgan fingerprint density at radius 1 is 0.929 bits per heavy atom. The van der Waals surface area contributed by atoms with E-state index in [1.165, 1.54) is 5.69 Å². The van der Waals surface area contributed by atoms with Crippen LogP contribution in [0.2, 0.25) is 0 Å². The lowest BCUT2D eigenvalue weighted by Crippen LogP contribution is -2.49. The molecule has 6 heteroatoms. The number of nitrogens with one attached hydrogen (secondary N) is 1. The van der Waals surface area contributed by atoms with Crippen LogP contribution in [-0.4, -0.2) is 42.9 Å². The van der Waals surface area contributed by atoms with Crippen molar-refractivity contribution < 1.29 is 9.59 Å². The summed E-state index contributed by atoms with van der Waals surface area (Å²) in [5.41, 5.74) is 2.38. The fourth-order valence-corrected chi connectivity index (χ4v) is 3.68. The summed E-state index contributed by atoms with van der Waals surface area (Å²) in [6.07, 6.45) is 0.611. The maximum Gasteiger partial charge on any atom is 0.228 e. The van der Waals surface area contributed by atoms with E-state index < -0.39 is 0 Å². The van der Waals surface area contributed by atoms with Crippen LogP contribution in [0.5, 0.6) is 0 Å². The fraction of sp³-hybridized carbons (Fsp3) is 0.318. The SMILES string of the molecule is N#Cc1ccc(NC(=O)C2CC2C(=O)N2CCN(c3ccccc3)CC2)cc1. The summed E-state index contributed by atoms with van der Waals surface area (Å²) >= 11 is 0. The number of para-hydroxylation sites is 1. The van der Waals surface area contributed by atoms with E-state index in [4.69, 9.17) is 5.26 Å². The van der Waals surface area contributed by atoms with Gasteiger partial charge in [-0.3, -0.25) is 9.59 Å². The van der Waals surface area contributed by atoms with Crippen molar-refractivity contribution in [1.29, 1.82) is 5.26 Å². The van der Waals surface area contributed by atoms with Gasteiger partial charge in [0.1, 0.15) is 0 Å². The maximum absolute atomic E-state index is 12.7. The minimum atomic E-state index is -0.254. The predicted octanol–water partition coefficient (Wildman–Crippen LogP) is 2.48. The molecule has 2 amide bonds. The second kappa shape index (κ2) is 7.73. The summed E-state index contributed by atoms with van der Waals surface area (Å²) in [7, 11) is 0. The summed E-state index contributed by atoms with van der Waals surface area (Å²) < 4.78 is 0. The average molecular weight is 374 g/mol. The van der Waals surface area contributed by atoms with E-state index in [9.17, 15) is 9.59 Å². The average Bonchev–Trinajstić information content (AvgIpc) is 3.56. The van der Waals surface area contributed by atoms with Crippen LogP contribution in [0.25, 0.3) is 0 Å². The van der Waals surface area contributed by atoms with Crippen LogP contribution in [0.15, 0.2) is 54.6 Å². The van der Waals surface area contributed by atoms with Crippen LogP contribution in [0, 0.1) is 23.2 Å². The zero-order chi connectivity index (χ0) is 19.5. The van der Waals surface area contributed by atoms with E-state index in [2.05, 4.69) is 22.3 Å². The first-order valence-corrected chi connectivity index (χ1v) is 9.55. The van der Waals surface area contributed by atoms with Gasteiger partial charge in [-0.05, 0) is 42.8 Å². The molecule has 6 nitrogen and oxygen atoms in total. The van der Waals surface area contributed by atoms with Gasteiger partial charge in [0.15, 0.2) is 0 Å². The Morgan fingerprint density at radius 2 is 1.61 bits per heavy atom. The highest BCUT2D eigenvalue weighted by Gasteiger charge is 2.49. The Balaban J connectivity index is 1.27. The van der Waals surface area contributed by atoms with Crippen molar-refractivity contribution in [2.24, 2.45) is 11.8 Å². The van der Waals surface area contributed by atoms with Crippen molar-refractivity contribution in [2.75, 3.05) is 36.4 Å². The molecule has 2 aromatic carbocycles. The summed E-state index contributed by atoms with van der Waals surface area (Å²) in [5, 5.41) is 11.7. The van der Waals surface area contributed by atoms with E-state index in [-0.39, 0.29) is 23.7 Å². The highest BCUT2D eigenvalue weighted by Crippen LogP contribution is 2.41. The largest absolute Gasteiger partial charge is 0.368 e. The lowest BCUT2D eigenvalue weighted by Gasteiger charge is -2.36. The molecule has 2 aliphatic rings. The number of carbonyl (C=O) groups is 2. The third-order valence-corrected chi connectivity index (χ3v) is 5.44. The molecule has 1 aliphatic carbocycles. The van der Waals surface area contributed by atoms with Gasteiger partial charge < -0.3 is 15.1 Å². The summed E-state index contributed by atoms with van der Waals surface area (Å²) in [6, 6.07) is 19.0. The van der Waals surface area contributed by atoms with E-state index in [1.54, 1.807) is 24.3 Å². The molecule has 4 rings (SSSR count). The number of hydrogen-bond donors (Lipinski definition) is 1. The third kappa shape index (κ3) is 3.84. The van der Waals surface area contributed by atoms with Crippen LogP contribution < -0.4 is 10.2 Å². The minimum Gasteiger partial charge on any atom is -0.368 e. The summed E-state index contributed by atoms with van der Waals surface area (Å²) in [4.78, 5) is 29.3. The predicted molar refractivity (Wildman–Crippen MR) is 107 cm³/mol. The molecule has 28 heavy (non-hydrogen) atoms. The number of rotatable bonds is 4. The number of hydrogen-bond acceptors (Lipinski definition) is 4. The van der Waals surface area contributed by atoms with Crippen LogP contribution >= 0.6 is 0 Å². The van der Waals surface area contributed by atoms with Crippen LogP contribution in [0.3, 0.4) is 0 Å². The van der Waals surface area contributed by atoms with Crippen molar-refractivity contribution in [3.8, 4) is 6.07 Å². The molecule has 0 bridgehead atoms. The molecule has 2 fully saturated rings. The lowest BCUT2D eigenvalue weighted by molar-refractivity contribution is -0.134. The smallest absolute Gasteiger partial charge is 0.228 e. The highest BCUT2D eigenvalue weighted by atomic mass is 16.2. The fourth-order valence-electron chi connectivity index (χ4n) is 3.68. The molecule has 0 spiro atoms. The summed E-state index contributed by atoms with van der Waals surface area (Å²) in [5.74, 6) is -0.490. The Kier molecular flexibility index (Phi) is 4.98. The number of piperazine rings is 1. The first-order chi connectivity index (χ1) is 13.7. The Bertz CT molecular complexity index is 896. The van der Waals surface area contributed by atoms with E-state index >= 15 is 0 Å². The monoisotopic (exact) mass is 374 g/mol. The van der Waals surface area contributed by atoms with Crippen molar-refractivity contribution in [2.45, 2.75) is 6.42 Å². The van der Waals surface area contributed by atoms with E-state index in [0.717, 1.165) is 13.1 Å². The molecule has 2 atom stereocenters. The van der Waals surface area contributed by atoms with Crippen molar-refractivity contribution >= 4 is 23.2 Å². The van der Waals surface area contributed by atoms with Crippen LogP contribution in [0.1, 0.15) is 12.0 Å². The molecule has 2 unspecified atom stereocenters. The normalized spacial score (nSPS) is 21.0. The second-order valence-corrected chi connectivity index (χ2v) is 7.27. The summed E-state index contributed by atoms with van der Waals surface area (Å²) in [6.45, 7) is 3.00. The maximum atomic E-state index is 12.7. The number of nitriles is 1. The standard InChI is InChI=1S/C22H22N4O2/c23-15-16-6-8-17(9-7-16)24-21(27)19-14-20(19)22(28)26-12-10-25(11-13-26)18-4-2-1-3-5-18/h1-9,19-20H,10-14H2,(H,24,27). The molecular formula is C22H22N4O2. The quantitative estimate of drug-likeness (QED) is 0.892. The van der Waals surface area contributed by atoms with Crippen molar-refractivity contribution in [1.82, 2.24) is 4.90 Å². The molecule has 0 aromatic heterocycles. The Hall–Kier alpha value is -3.33. The second-order valence-electron chi connectivity index (χ2n) is 7.27. The Morgan fingerprint density at radius 3 is 2.25 bits per heavy atom.